The maximum Gasteiger partial charge on any atom is 0.244 e. The van der Waals surface area contributed by atoms with Crippen LogP contribution in [0.15, 0.2) is 42.6 Å². The molecule has 162 valence electrons. The van der Waals surface area contributed by atoms with Gasteiger partial charge in [-0.25, -0.2) is 4.39 Å². The predicted molar refractivity (Wildman–Crippen MR) is 115 cm³/mol. The summed E-state index contributed by atoms with van der Waals surface area (Å²) < 4.78 is 15.2. The van der Waals surface area contributed by atoms with Gasteiger partial charge < -0.3 is 14.8 Å². The van der Waals surface area contributed by atoms with E-state index in [1.54, 1.807) is 4.90 Å². The summed E-state index contributed by atoms with van der Waals surface area (Å²) in [4.78, 5) is 29.6. The summed E-state index contributed by atoms with van der Waals surface area (Å²) in [6, 6.07) is 9.93. The van der Waals surface area contributed by atoms with Gasteiger partial charge in [0.15, 0.2) is 0 Å². The van der Waals surface area contributed by atoms with Gasteiger partial charge in [-0.05, 0) is 76.6 Å². The molecule has 1 aromatic heterocycles. The lowest BCUT2D eigenvalue weighted by Gasteiger charge is -2.37. The quantitative estimate of drug-likeness (QED) is 0.786. The van der Waals surface area contributed by atoms with E-state index in [0.717, 1.165) is 19.4 Å². The molecule has 2 amide bonds. The summed E-state index contributed by atoms with van der Waals surface area (Å²) in [5.74, 6) is -0.735. The number of carbonyl (C=O) groups excluding carboxylic acids is 2. The van der Waals surface area contributed by atoms with Crippen molar-refractivity contribution in [2.75, 3.05) is 25.0 Å². The summed E-state index contributed by atoms with van der Waals surface area (Å²) >= 11 is 0. The zero-order valence-corrected chi connectivity index (χ0v) is 18.2. The van der Waals surface area contributed by atoms with E-state index in [2.05, 4.69) is 20.9 Å². The van der Waals surface area contributed by atoms with Crippen molar-refractivity contribution in [3.63, 3.8) is 0 Å². The van der Waals surface area contributed by atoms with Crippen molar-refractivity contribution in [2.24, 2.45) is 7.05 Å². The van der Waals surface area contributed by atoms with Crippen LogP contribution >= 0.6 is 0 Å². The Labute approximate surface area is 177 Å². The van der Waals surface area contributed by atoms with Crippen LogP contribution in [0.3, 0.4) is 0 Å². The zero-order chi connectivity index (χ0) is 21.9. The Morgan fingerprint density at radius 1 is 1.20 bits per heavy atom. The van der Waals surface area contributed by atoms with E-state index in [1.165, 1.54) is 30.0 Å². The molecule has 7 heteroatoms. The molecule has 3 rings (SSSR count). The second kappa shape index (κ2) is 9.00. The fourth-order valence-electron chi connectivity index (χ4n) is 4.01. The van der Waals surface area contributed by atoms with Crippen molar-refractivity contribution >= 4 is 17.5 Å². The SMILES string of the molecule is Cn1cccc1[C@@H]1CCCN1CC(=O)N(CC(=O)Nc1ccc(F)cc1)C(C)(C)C. The van der Waals surface area contributed by atoms with E-state index in [4.69, 9.17) is 0 Å². The summed E-state index contributed by atoms with van der Waals surface area (Å²) in [7, 11) is 2.02. The first-order chi connectivity index (χ1) is 14.1. The molecule has 0 saturated carbocycles. The van der Waals surface area contributed by atoms with Gasteiger partial charge in [-0.15, -0.1) is 0 Å². The standard InChI is InChI=1S/C23H31FN4O2/c1-23(2,3)28(15-21(29)25-18-11-9-17(24)10-12-18)22(30)16-27-14-6-8-20(27)19-7-5-13-26(19)4/h5,7,9-13,20H,6,8,14-16H2,1-4H3,(H,25,29)/t20-/m0/s1. The minimum atomic E-state index is -0.503. The number of rotatable bonds is 6. The van der Waals surface area contributed by atoms with Crippen LogP contribution in [0, 0.1) is 5.82 Å². The van der Waals surface area contributed by atoms with Crippen molar-refractivity contribution in [3.05, 3.63) is 54.1 Å². The Hall–Kier alpha value is -2.67. The molecule has 0 aliphatic carbocycles. The molecule has 1 aliphatic rings. The third-order valence-electron chi connectivity index (χ3n) is 5.57. The lowest BCUT2D eigenvalue weighted by molar-refractivity contribution is -0.140. The van der Waals surface area contributed by atoms with Crippen LogP contribution < -0.4 is 5.32 Å². The Bertz CT molecular complexity index is 885. The second-order valence-corrected chi connectivity index (χ2v) is 8.88. The normalized spacial score (nSPS) is 17.2. The average Bonchev–Trinajstić information content (AvgIpc) is 3.29. The van der Waals surface area contributed by atoms with Crippen molar-refractivity contribution in [1.29, 1.82) is 0 Å². The lowest BCUT2D eigenvalue weighted by Crippen LogP contribution is -2.52. The molecule has 1 aromatic carbocycles. The predicted octanol–water partition coefficient (Wildman–Crippen LogP) is 3.57. The van der Waals surface area contributed by atoms with Crippen molar-refractivity contribution in [1.82, 2.24) is 14.4 Å². The smallest absolute Gasteiger partial charge is 0.244 e. The minimum Gasteiger partial charge on any atom is -0.353 e. The van der Waals surface area contributed by atoms with E-state index in [-0.39, 0.29) is 36.8 Å². The monoisotopic (exact) mass is 414 g/mol. The number of aromatic nitrogens is 1. The number of anilines is 1. The zero-order valence-electron chi connectivity index (χ0n) is 18.2. The Morgan fingerprint density at radius 2 is 1.90 bits per heavy atom. The second-order valence-electron chi connectivity index (χ2n) is 8.88. The van der Waals surface area contributed by atoms with Crippen LogP contribution in [0.25, 0.3) is 0 Å². The molecule has 1 saturated heterocycles. The Kier molecular flexibility index (Phi) is 6.61. The number of aryl methyl sites for hydroxylation is 1. The molecule has 0 unspecified atom stereocenters. The van der Waals surface area contributed by atoms with Gasteiger partial charge in [0.2, 0.25) is 11.8 Å². The molecule has 2 aromatic rings. The van der Waals surface area contributed by atoms with Gasteiger partial charge in [0.05, 0.1) is 12.6 Å². The van der Waals surface area contributed by atoms with Gasteiger partial charge in [-0.3, -0.25) is 14.5 Å². The summed E-state index contributed by atoms with van der Waals surface area (Å²) in [6.07, 6.45) is 4.09. The molecule has 0 spiro atoms. The fourth-order valence-corrected chi connectivity index (χ4v) is 4.01. The summed E-state index contributed by atoms with van der Waals surface area (Å²) in [5, 5.41) is 2.74. The lowest BCUT2D eigenvalue weighted by atomic mass is 10.1. The summed E-state index contributed by atoms with van der Waals surface area (Å²) in [5.41, 5.74) is 1.21. The van der Waals surface area contributed by atoms with Gasteiger partial charge in [-0.2, -0.15) is 0 Å². The van der Waals surface area contributed by atoms with Crippen molar-refractivity contribution in [3.8, 4) is 0 Å². The molecule has 0 radical (unpaired) electrons. The first-order valence-electron chi connectivity index (χ1n) is 10.4. The molecule has 0 bridgehead atoms. The van der Waals surface area contributed by atoms with E-state index in [9.17, 15) is 14.0 Å². The molecule has 1 fully saturated rings. The number of hydrogen-bond donors (Lipinski definition) is 1. The van der Waals surface area contributed by atoms with Crippen LogP contribution in [-0.2, 0) is 16.6 Å². The van der Waals surface area contributed by atoms with Gasteiger partial charge in [0, 0.05) is 30.2 Å². The van der Waals surface area contributed by atoms with E-state index >= 15 is 0 Å². The van der Waals surface area contributed by atoms with Crippen LogP contribution in [-0.4, -0.2) is 51.4 Å². The van der Waals surface area contributed by atoms with Gasteiger partial charge in [-0.1, -0.05) is 0 Å². The minimum absolute atomic E-state index is 0.0532. The maximum absolute atomic E-state index is 13.2. The van der Waals surface area contributed by atoms with Crippen molar-refractivity contribution < 1.29 is 14.0 Å². The molecule has 30 heavy (non-hydrogen) atoms. The molecule has 6 nitrogen and oxygen atoms in total. The number of carbonyl (C=O) groups is 2. The highest BCUT2D eigenvalue weighted by molar-refractivity contribution is 5.95. The number of halogens is 1. The fraction of sp³-hybridized carbons (Fsp3) is 0.478. The van der Waals surface area contributed by atoms with E-state index in [0.29, 0.717) is 5.69 Å². The van der Waals surface area contributed by atoms with Gasteiger partial charge in [0.25, 0.3) is 0 Å². The highest BCUT2D eigenvalue weighted by Gasteiger charge is 2.34. The molecular weight excluding hydrogens is 383 g/mol. The largest absolute Gasteiger partial charge is 0.353 e. The molecule has 1 atom stereocenters. The third-order valence-corrected chi connectivity index (χ3v) is 5.57. The highest BCUT2D eigenvalue weighted by atomic mass is 19.1. The van der Waals surface area contributed by atoms with Crippen LogP contribution in [0.4, 0.5) is 10.1 Å². The van der Waals surface area contributed by atoms with E-state index < -0.39 is 5.54 Å². The van der Waals surface area contributed by atoms with Crippen LogP contribution in [0.2, 0.25) is 0 Å². The van der Waals surface area contributed by atoms with E-state index in [1.807, 2.05) is 40.1 Å². The highest BCUT2D eigenvalue weighted by Crippen LogP contribution is 2.32. The Morgan fingerprint density at radius 3 is 2.50 bits per heavy atom. The molecule has 1 aliphatic heterocycles. The molecular formula is C23H31FN4O2. The topological polar surface area (TPSA) is 57.6 Å². The number of nitrogens with one attached hydrogen (secondary N) is 1. The van der Waals surface area contributed by atoms with Crippen molar-refractivity contribution in [2.45, 2.75) is 45.2 Å². The number of hydrogen-bond acceptors (Lipinski definition) is 3. The van der Waals surface area contributed by atoms with Gasteiger partial charge in [0.1, 0.15) is 12.4 Å². The van der Waals surface area contributed by atoms with Crippen LogP contribution in [0.5, 0.6) is 0 Å². The molecule has 1 N–H and O–H groups in total. The maximum atomic E-state index is 13.2. The summed E-state index contributed by atoms with van der Waals surface area (Å²) in [6.45, 7) is 6.86. The van der Waals surface area contributed by atoms with Gasteiger partial charge >= 0.3 is 0 Å². The van der Waals surface area contributed by atoms with Crippen LogP contribution in [0.1, 0.15) is 45.3 Å². The average molecular weight is 415 g/mol. The number of amides is 2. The molecule has 2 heterocycles. The number of benzene rings is 1. The first kappa shape index (κ1) is 22.0. The third kappa shape index (κ3) is 5.27. The number of nitrogens with zero attached hydrogens (tertiary/aromatic N) is 3. The Balaban J connectivity index is 1.67. The number of likely N-dealkylation sites (tertiary alicyclic amines) is 1. The first-order valence-corrected chi connectivity index (χ1v) is 10.4.